The van der Waals surface area contributed by atoms with E-state index < -0.39 is 0 Å². The first kappa shape index (κ1) is 15.1. The van der Waals surface area contributed by atoms with Crippen molar-refractivity contribution < 1.29 is 9.84 Å². The zero-order valence-corrected chi connectivity index (χ0v) is 12.3. The third-order valence-electron chi connectivity index (χ3n) is 3.96. The van der Waals surface area contributed by atoms with E-state index in [2.05, 4.69) is 24.8 Å². The first-order valence-corrected chi connectivity index (χ1v) is 7.60. The Morgan fingerprint density at radius 3 is 2.85 bits per heavy atom. The Morgan fingerprint density at radius 2 is 2.05 bits per heavy atom. The molecular formula is C18H24O2. The van der Waals surface area contributed by atoms with Crippen LogP contribution < -0.4 is 0 Å². The largest absolute Gasteiger partial charge is 0.395 e. The van der Waals surface area contributed by atoms with E-state index in [0.717, 1.165) is 11.1 Å². The van der Waals surface area contributed by atoms with Crippen molar-refractivity contribution in [1.82, 2.24) is 0 Å². The predicted octanol–water partition coefficient (Wildman–Crippen LogP) is 3.52. The fourth-order valence-corrected chi connectivity index (χ4v) is 2.71. The molecule has 0 bridgehead atoms. The summed E-state index contributed by atoms with van der Waals surface area (Å²) in [5.41, 5.74) is 2.17. The topological polar surface area (TPSA) is 29.5 Å². The Bertz CT molecular complexity index is 470. The Labute approximate surface area is 122 Å². The van der Waals surface area contributed by atoms with Crippen molar-refractivity contribution in [2.24, 2.45) is 5.92 Å². The fraction of sp³-hybridized carbons (Fsp3) is 0.556. The quantitative estimate of drug-likeness (QED) is 0.850. The van der Waals surface area contributed by atoms with E-state index in [1.54, 1.807) is 0 Å². The van der Waals surface area contributed by atoms with Crippen LogP contribution in [-0.4, -0.2) is 17.8 Å². The number of ether oxygens (including phenoxy) is 1. The maximum absolute atomic E-state index is 8.79. The molecule has 1 aromatic carbocycles. The molecule has 1 aromatic rings. The summed E-state index contributed by atoms with van der Waals surface area (Å²) >= 11 is 0. The third kappa shape index (κ3) is 4.37. The number of aliphatic hydroxyl groups excluding tert-OH is 1. The molecule has 0 heterocycles. The molecule has 2 nitrogen and oxygen atoms in total. The Hall–Kier alpha value is -1.30. The van der Waals surface area contributed by atoms with Gasteiger partial charge in [0.2, 0.25) is 0 Å². The molecule has 2 rings (SSSR count). The van der Waals surface area contributed by atoms with Gasteiger partial charge in [0.05, 0.1) is 19.3 Å². The molecule has 1 saturated carbocycles. The molecule has 2 atom stereocenters. The van der Waals surface area contributed by atoms with Gasteiger partial charge in [-0.05, 0) is 30.4 Å². The Kier molecular flexibility index (Phi) is 6.11. The van der Waals surface area contributed by atoms with Crippen molar-refractivity contribution in [3.8, 4) is 11.8 Å². The predicted molar refractivity (Wildman–Crippen MR) is 81.2 cm³/mol. The molecule has 1 N–H and O–H groups in total. The average molecular weight is 272 g/mol. The molecular weight excluding hydrogens is 248 g/mol. The van der Waals surface area contributed by atoms with Crippen LogP contribution in [0.5, 0.6) is 0 Å². The average Bonchev–Trinajstić information content (AvgIpc) is 2.48. The van der Waals surface area contributed by atoms with Crippen LogP contribution in [0.15, 0.2) is 24.3 Å². The molecule has 0 amide bonds. The second kappa shape index (κ2) is 8.09. The minimum atomic E-state index is 0.116. The van der Waals surface area contributed by atoms with Gasteiger partial charge in [0.15, 0.2) is 0 Å². The van der Waals surface area contributed by atoms with Gasteiger partial charge in [-0.2, -0.15) is 0 Å². The van der Waals surface area contributed by atoms with Crippen LogP contribution in [0, 0.1) is 17.8 Å². The molecule has 1 aliphatic rings. The second-order valence-electron chi connectivity index (χ2n) is 5.54. The summed E-state index contributed by atoms with van der Waals surface area (Å²) < 4.78 is 6.11. The second-order valence-corrected chi connectivity index (χ2v) is 5.54. The van der Waals surface area contributed by atoms with Crippen LogP contribution in [0.25, 0.3) is 0 Å². The zero-order valence-electron chi connectivity index (χ0n) is 12.3. The van der Waals surface area contributed by atoms with Gasteiger partial charge in [-0.15, -0.1) is 0 Å². The minimum absolute atomic E-state index is 0.116. The van der Waals surface area contributed by atoms with Crippen molar-refractivity contribution >= 4 is 0 Å². The van der Waals surface area contributed by atoms with Gasteiger partial charge in [-0.1, -0.05) is 49.8 Å². The lowest BCUT2D eigenvalue weighted by Gasteiger charge is -2.28. The van der Waals surface area contributed by atoms with Gasteiger partial charge in [0.25, 0.3) is 0 Å². The third-order valence-corrected chi connectivity index (χ3v) is 3.96. The summed E-state index contributed by atoms with van der Waals surface area (Å²) in [4.78, 5) is 0. The van der Waals surface area contributed by atoms with Crippen LogP contribution in [0.2, 0.25) is 0 Å². The molecule has 2 heteroatoms. The van der Waals surface area contributed by atoms with E-state index in [4.69, 9.17) is 9.84 Å². The highest BCUT2D eigenvalue weighted by atomic mass is 16.5. The van der Waals surface area contributed by atoms with Crippen LogP contribution in [0.3, 0.4) is 0 Å². The number of aliphatic hydroxyl groups is 1. The van der Waals surface area contributed by atoms with E-state index in [9.17, 15) is 0 Å². The molecule has 2 unspecified atom stereocenters. The van der Waals surface area contributed by atoms with Crippen LogP contribution in [-0.2, 0) is 11.3 Å². The van der Waals surface area contributed by atoms with Gasteiger partial charge < -0.3 is 9.84 Å². The van der Waals surface area contributed by atoms with Crippen molar-refractivity contribution in [2.45, 2.75) is 51.7 Å². The van der Waals surface area contributed by atoms with Crippen molar-refractivity contribution in [3.05, 3.63) is 35.4 Å². The molecule has 1 fully saturated rings. The van der Waals surface area contributed by atoms with Crippen molar-refractivity contribution in [1.29, 1.82) is 0 Å². The van der Waals surface area contributed by atoms with Gasteiger partial charge in [-0.3, -0.25) is 0 Å². The van der Waals surface area contributed by atoms with E-state index in [1.165, 1.54) is 25.7 Å². The number of hydrogen-bond donors (Lipinski definition) is 1. The maximum Gasteiger partial charge on any atom is 0.0732 e. The van der Waals surface area contributed by atoms with Gasteiger partial charge in [0, 0.05) is 12.0 Å². The first-order chi connectivity index (χ1) is 9.81. The lowest BCUT2D eigenvalue weighted by molar-refractivity contribution is -0.0155. The Balaban J connectivity index is 1.97. The highest BCUT2D eigenvalue weighted by molar-refractivity contribution is 5.40. The molecule has 1 aliphatic carbocycles. The normalized spacial score (nSPS) is 22.1. The number of rotatable bonds is 4. The smallest absolute Gasteiger partial charge is 0.0732 e. The Morgan fingerprint density at radius 1 is 1.25 bits per heavy atom. The lowest BCUT2D eigenvalue weighted by Crippen LogP contribution is -2.25. The zero-order chi connectivity index (χ0) is 14.2. The van der Waals surface area contributed by atoms with Crippen LogP contribution in [0.1, 0.15) is 50.2 Å². The van der Waals surface area contributed by atoms with E-state index in [0.29, 0.717) is 25.0 Å². The van der Waals surface area contributed by atoms with Crippen molar-refractivity contribution in [3.63, 3.8) is 0 Å². The fourth-order valence-electron chi connectivity index (χ4n) is 2.71. The highest BCUT2D eigenvalue weighted by Crippen LogP contribution is 2.27. The molecule has 0 spiro atoms. The minimum Gasteiger partial charge on any atom is -0.395 e. The molecule has 0 radical (unpaired) electrons. The molecule has 108 valence electrons. The summed E-state index contributed by atoms with van der Waals surface area (Å²) in [6, 6.07) is 8.12. The van der Waals surface area contributed by atoms with Crippen molar-refractivity contribution in [2.75, 3.05) is 6.61 Å². The monoisotopic (exact) mass is 272 g/mol. The maximum atomic E-state index is 8.79. The van der Waals surface area contributed by atoms with Crippen LogP contribution >= 0.6 is 0 Å². The molecule has 0 aliphatic heterocycles. The van der Waals surface area contributed by atoms with Crippen LogP contribution in [0.4, 0.5) is 0 Å². The highest BCUT2D eigenvalue weighted by Gasteiger charge is 2.21. The number of hydrogen-bond acceptors (Lipinski definition) is 2. The van der Waals surface area contributed by atoms with E-state index >= 15 is 0 Å². The SMILES string of the molecule is CC1CCCCC1OCc1ccccc1C#CCCO. The summed E-state index contributed by atoms with van der Waals surface area (Å²) in [6.45, 7) is 3.04. The van der Waals surface area contributed by atoms with E-state index in [-0.39, 0.29) is 6.61 Å². The van der Waals surface area contributed by atoms with Gasteiger partial charge >= 0.3 is 0 Å². The summed E-state index contributed by atoms with van der Waals surface area (Å²) in [5, 5.41) is 8.79. The summed E-state index contributed by atoms with van der Waals surface area (Å²) in [5.74, 6) is 6.77. The lowest BCUT2D eigenvalue weighted by atomic mass is 9.88. The van der Waals surface area contributed by atoms with Gasteiger partial charge in [-0.25, -0.2) is 0 Å². The number of benzene rings is 1. The molecule has 0 saturated heterocycles. The molecule has 20 heavy (non-hydrogen) atoms. The molecule has 0 aromatic heterocycles. The van der Waals surface area contributed by atoms with Gasteiger partial charge in [0.1, 0.15) is 0 Å². The standard InChI is InChI=1S/C18H24O2/c1-15-8-2-5-12-18(15)20-14-17-11-4-3-9-16(17)10-6-7-13-19/h3-4,9,11,15,18-19H,2,5,7-8,12-14H2,1H3. The van der Waals surface area contributed by atoms with E-state index in [1.807, 2.05) is 18.2 Å². The first-order valence-electron chi connectivity index (χ1n) is 7.60. The summed E-state index contributed by atoms with van der Waals surface area (Å²) in [6.07, 6.45) is 6.00. The summed E-state index contributed by atoms with van der Waals surface area (Å²) in [7, 11) is 0.